The molecular formula is C13H15BrFNO3. The predicted molar refractivity (Wildman–Crippen MR) is 72.5 cm³/mol. The first-order valence-electron chi connectivity index (χ1n) is 5.72. The summed E-state index contributed by atoms with van der Waals surface area (Å²) >= 11 is 3.11. The van der Waals surface area contributed by atoms with Crippen molar-refractivity contribution in [2.45, 2.75) is 26.3 Å². The van der Waals surface area contributed by atoms with Crippen molar-refractivity contribution in [2.75, 3.05) is 6.54 Å². The number of amides is 1. The lowest BCUT2D eigenvalue weighted by Gasteiger charge is -2.34. The minimum atomic E-state index is -1.33. The average Bonchev–Trinajstić information content (AvgIpc) is 2.28. The second kappa shape index (κ2) is 5.69. The number of aliphatic carboxylic acids is 1. The summed E-state index contributed by atoms with van der Waals surface area (Å²) in [6, 6.07) is 3.68. The zero-order chi connectivity index (χ0) is 14.8. The van der Waals surface area contributed by atoms with Gasteiger partial charge >= 0.3 is 5.97 Å². The Hall–Kier alpha value is -1.43. The van der Waals surface area contributed by atoms with Crippen LogP contribution in [-0.2, 0) is 4.79 Å². The van der Waals surface area contributed by atoms with Gasteiger partial charge in [-0.15, -0.1) is 0 Å². The molecule has 0 aromatic heterocycles. The van der Waals surface area contributed by atoms with E-state index in [1.165, 1.54) is 36.9 Å². The van der Waals surface area contributed by atoms with E-state index in [9.17, 15) is 19.1 Å². The molecule has 1 N–H and O–H groups in total. The monoisotopic (exact) mass is 331 g/mol. The third-order valence-corrected chi connectivity index (χ3v) is 3.58. The van der Waals surface area contributed by atoms with Crippen LogP contribution in [0, 0.1) is 5.82 Å². The zero-order valence-electron chi connectivity index (χ0n) is 10.9. The maximum Gasteiger partial charge on any atom is 0.329 e. The lowest BCUT2D eigenvalue weighted by atomic mass is 10.0. The van der Waals surface area contributed by atoms with Crippen LogP contribution >= 0.6 is 15.9 Å². The van der Waals surface area contributed by atoms with Gasteiger partial charge in [-0.3, -0.25) is 4.79 Å². The lowest BCUT2D eigenvalue weighted by Crippen LogP contribution is -2.53. The van der Waals surface area contributed by atoms with Crippen molar-refractivity contribution in [2.24, 2.45) is 0 Å². The maximum atomic E-state index is 13.0. The molecule has 19 heavy (non-hydrogen) atoms. The van der Waals surface area contributed by atoms with Crippen LogP contribution in [0.3, 0.4) is 0 Å². The lowest BCUT2D eigenvalue weighted by molar-refractivity contribution is -0.147. The SMILES string of the molecule is CCN(C(=O)c1ccc(F)cc1Br)C(C)(C)C(=O)O. The minimum Gasteiger partial charge on any atom is -0.480 e. The number of rotatable bonds is 4. The topological polar surface area (TPSA) is 57.6 Å². The van der Waals surface area contributed by atoms with Gasteiger partial charge in [0.15, 0.2) is 0 Å². The Morgan fingerprint density at radius 2 is 2.00 bits per heavy atom. The molecule has 0 aliphatic rings. The number of carboxylic acids is 1. The Morgan fingerprint density at radius 3 is 2.42 bits per heavy atom. The fraction of sp³-hybridized carbons (Fsp3) is 0.385. The Labute approximate surface area is 119 Å². The third-order valence-electron chi connectivity index (χ3n) is 2.92. The highest BCUT2D eigenvalue weighted by Gasteiger charge is 2.37. The van der Waals surface area contributed by atoms with E-state index < -0.39 is 23.2 Å². The molecule has 0 fully saturated rings. The normalized spacial score (nSPS) is 11.2. The highest BCUT2D eigenvalue weighted by molar-refractivity contribution is 9.10. The van der Waals surface area contributed by atoms with Gasteiger partial charge in [0.25, 0.3) is 5.91 Å². The van der Waals surface area contributed by atoms with Gasteiger partial charge < -0.3 is 10.0 Å². The van der Waals surface area contributed by atoms with Gasteiger partial charge in [0, 0.05) is 11.0 Å². The van der Waals surface area contributed by atoms with E-state index in [0.717, 1.165) is 0 Å². The van der Waals surface area contributed by atoms with Crippen molar-refractivity contribution in [3.05, 3.63) is 34.1 Å². The van der Waals surface area contributed by atoms with Crippen molar-refractivity contribution >= 4 is 27.8 Å². The molecule has 0 aliphatic carbocycles. The second-order valence-corrected chi connectivity index (χ2v) is 5.39. The number of hydrogen-bond acceptors (Lipinski definition) is 2. The number of carboxylic acid groups (broad SMARTS) is 1. The van der Waals surface area contributed by atoms with E-state index in [2.05, 4.69) is 15.9 Å². The number of benzene rings is 1. The van der Waals surface area contributed by atoms with Crippen molar-refractivity contribution in [1.82, 2.24) is 4.90 Å². The summed E-state index contributed by atoms with van der Waals surface area (Å²) in [5.74, 6) is -2.02. The molecule has 1 aromatic rings. The molecule has 4 nitrogen and oxygen atoms in total. The summed E-state index contributed by atoms with van der Waals surface area (Å²) < 4.78 is 13.3. The number of carbonyl (C=O) groups excluding carboxylic acids is 1. The zero-order valence-corrected chi connectivity index (χ0v) is 12.5. The highest BCUT2D eigenvalue weighted by Crippen LogP contribution is 2.24. The number of carbonyl (C=O) groups is 2. The Balaban J connectivity index is 3.19. The molecule has 0 unspecified atom stereocenters. The van der Waals surface area contributed by atoms with E-state index in [0.29, 0.717) is 4.47 Å². The third kappa shape index (κ3) is 3.12. The molecule has 0 radical (unpaired) electrons. The summed E-state index contributed by atoms with van der Waals surface area (Å²) in [4.78, 5) is 24.8. The molecule has 0 saturated carbocycles. The van der Waals surface area contributed by atoms with Gasteiger partial charge in [-0.2, -0.15) is 0 Å². The molecule has 0 spiro atoms. The van der Waals surface area contributed by atoms with Gasteiger partial charge in [-0.1, -0.05) is 0 Å². The predicted octanol–water partition coefficient (Wildman–Crippen LogP) is 2.91. The Kier molecular flexibility index (Phi) is 4.68. The average molecular weight is 332 g/mol. The summed E-state index contributed by atoms with van der Waals surface area (Å²) in [6.45, 7) is 4.84. The molecule has 1 rings (SSSR count). The Bertz CT molecular complexity index is 517. The van der Waals surface area contributed by atoms with Crippen LogP contribution in [-0.4, -0.2) is 34.0 Å². The molecule has 1 amide bonds. The molecule has 0 atom stereocenters. The fourth-order valence-electron chi connectivity index (χ4n) is 1.72. The molecule has 0 bridgehead atoms. The van der Waals surface area contributed by atoms with Crippen LogP contribution < -0.4 is 0 Å². The van der Waals surface area contributed by atoms with Gasteiger partial charge in [-0.25, -0.2) is 9.18 Å². The van der Waals surface area contributed by atoms with Gasteiger partial charge in [0.05, 0.1) is 5.56 Å². The van der Waals surface area contributed by atoms with Crippen LogP contribution in [0.25, 0.3) is 0 Å². The van der Waals surface area contributed by atoms with Crippen LogP contribution in [0.2, 0.25) is 0 Å². The van der Waals surface area contributed by atoms with Crippen molar-refractivity contribution in [3.63, 3.8) is 0 Å². The highest BCUT2D eigenvalue weighted by atomic mass is 79.9. The van der Waals surface area contributed by atoms with Crippen LogP contribution in [0.15, 0.2) is 22.7 Å². The summed E-state index contributed by atoms with van der Waals surface area (Å²) in [5.41, 5.74) is -1.10. The van der Waals surface area contributed by atoms with Crippen LogP contribution in [0.4, 0.5) is 4.39 Å². The van der Waals surface area contributed by atoms with Gasteiger partial charge in [-0.05, 0) is 54.9 Å². The quantitative estimate of drug-likeness (QED) is 0.922. The molecular weight excluding hydrogens is 317 g/mol. The minimum absolute atomic E-state index is 0.234. The summed E-state index contributed by atoms with van der Waals surface area (Å²) in [7, 11) is 0. The molecule has 6 heteroatoms. The number of halogens is 2. The standard InChI is InChI=1S/C13H15BrFNO3/c1-4-16(13(2,3)12(18)19)11(17)9-6-5-8(15)7-10(9)14/h5-7H,4H2,1-3H3,(H,18,19). The fourth-order valence-corrected chi connectivity index (χ4v) is 2.24. The van der Waals surface area contributed by atoms with E-state index in [1.54, 1.807) is 6.92 Å². The van der Waals surface area contributed by atoms with Crippen molar-refractivity contribution in [3.8, 4) is 0 Å². The van der Waals surface area contributed by atoms with Crippen molar-refractivity contribution < 1.29 is 19.1 Å². The van der Waals surface area contributed by atoms with E-state index in [4.69, 9.17) is 0 Å². The smallest absolute Gasteiger partial charge is 0.329 e. The number of likely N-dealkylation sites (N-methyl/N-ethyl adjacent to an activating group) is 1. The second-order valence-electron chi connectivity index (χ2n) is 4.54. The van der Waals surface area contributed by atoms with Crippen LogP contribution in [0.1, 0.15) is 31.1 Å². The molecule has 0 aliphatic heterocycles. The number of hydrogen-bond donors (Lipinski definition) is 1. The first kappa shape index (κ1) is 15.6. The van der Waals surface area contributed by atoms with E-state index in [-0.39, 0.29) is 12.1 Å². The molecule has 0 heterocycles. The summed E-state index contributed by atoms with van der Waals surface area (Å²) in [6.07, 6.45) is 0. The van der Waals surface area contributed by atoms with Gasteiger partial charge in [0.1, 0.15) is 11.4 Å². The largest absolute Gasteiger partial charge is 0.480 e. The van der Waals surface area contributed by atoms with Gasteiger partial charge in [0.2, 0.25) is 0 Å². The first-order valence-corrected chi connectivity index (χ1v) is 6.51. The van der Waals surface area contributed by atoms with E-state index in [1.807, 2.05) is 0 Å². The molecule has 1 aromatic carbocycles. The Morgan fingerprint density at radius 1 is 1.42 bits per heavy atom. The maximum absolute atomic E-state index is 13.0. The molecule has 104 valence electrons. The first-order chi connectivity index (χ1) is 8.71. The molecule has 0 saturated heterocycles. The van der Waals surface area contributed by atoms with Crippen molar-refractivity contribution in [1.29, 1.82) is 0 Å². The van der Waals surface area contributed by atoms with Crippen LogP contribution in [0.5, 0.6) is 0 Å². The van der Waals surface area contributed by atoms with E-state index >= 15 is 0 Å². The summed E-state index contributed by atoms with van der Waals surface area (Å²) in [5, 5.41) is 9.19. The number of nitrogens with zero attached hydrogens (tertiary/aromatic N) is 1.